The van der Waals surface area contributed by atoms with Crippen LogP contribution in [0, 0.1) is 11.3 Å². The van der Waals surface area contributed by atoms with Crippen molar-refractivity contribution >= 4 is 9.84 Å². The van der Waals surface area contributed by atoms with Gasteiger partial charge in [0.25, 0.3) is 0 Å². The van der Waals surface area contributed by atoms with Gasteiger partial charge in [0.05, 0.1) is 24.2 Å². The number of methoxy groups -OCH3 is 1. The lowest BCUT2D eigenvalue weighted by Gasteiger charge is -1.98. The van der Waals surface area contributed by atoms with Crippen LogP contribution in [0.25, 0.3) is 0 Å². The van der Waals surface area contributed by atoms with Crippen LogP contribution in [0.2, 0.25) is 0 Å². The third kappa shape index (κ3) is 5.83. The highest BCUT2D eigenvalue weighted by Crippen LogP contribution is 1.92. The molecule has 0 radical (unpaired) electrons. The quantitative estimate of drug-likeness (QED) is 0.591. The van der Waals surface area contributed by atoms with Gasteiger partial charge in [-0.05, 0) is 0 Å². The third-order valence-corrected chi connectivity index (χ3v) is 2.74. The largest absolute Gasteiger partial charge is 0.384 e. The monoisotopic (exact) mass is 177 g/mol. The smallest absolute Gasteiger partial charge is 0.153 e. The summed E-state index contributed by atoms with van der Waals surface area (Å²) in [5.74, 6) is -0.0575. The van der Waals surface area contributed by atoms with Crippen LogP contribution in [0.1, 0.15) is 6.42 Å². The summed E-state index contributed by atoms with van der Waals surface area (Å²) >= 11 is 0. The van der Waals surface area contributed by atoms with E-state index in [1.165, 1.54) is 7.11 Å². The van der Waals surface area contributed by atoms with Crippen LogP contribution in [-0.2, 0) is 14.6 Å². The van der Waals surface area contributed by atoms with Crippen LogP contribution < -0.4 is 0 Å². The Morgan fingerprint density at radius 3 is 2.55 bits per heavy atom. The predicted molar refractivity (Wildman–Crippen MR) is 40.8 cm³/mol. The number of hydrogen-bond acceptors (Lipinski definition) is 4. The maximum Gasteiger partial charge on any atom is 0.153 e. The Balaban J connectivity index is 3.74. The molecule has 0 aliphatic rings. The lowest BCUT2D eigenvalue weighted by atomic mass is 10.6. The second-order valence-electron chi connectivity index (χ2n) is 2.05. The van der Waals surface area contributed by atoms with Crippen molar-refractivity contribution in [3.8, 4) is 6.07 Å². The number of nitriles is 1. The molecule has 0 aliphatic carbocycles. The molecule has 0 N–H and O–H groups in total. The maximum absolute atomic E-state index is 10.9. The van der Waals surface area contributed by atoms with Crippen LogP contribution in [0.5, 0.6) is 0 Å². The van der Waals surface area contributed by atoms with E-state index in [0.29, 0.717) is 0 Å². The molecule has 0 spiro atoms. The molecular weight excluding hydrogens is 166 g/mol. The molecule has 0 rings (SSSR count). The average Bonchev–Trinajstić information content (AvgIpc) is 1.97. The number of ether oxygens (including phenoxy) is 1. The first kappa shape index (κ1) is 10.4. The Bertz CT molecular complexity index is 227. The Labute approximate surface area is 66.7 Å². The minimum atomic E-state index is -3.05. The molecule has 0 heterocycles. The molecule has 0 aromatic rings. The first-order valence-corrected chi connectivity index (χ1v) is 5.01. The van der Waals surface area contributed by atoms with Crippen LogP contribution in [0.3, 0.4) is 0 Å². The number of sulfone groups is 1. The Kier molecular flexibility index (Phi) is 4.83. The van der Waals surface area contributed by atoms with Gasteiger partial charge in [-0.3, -0.25) is 0 Å². The summed E-state index contributed by atoms with van der Waals surface area (Å²) < 4.78 is 26.4. The molecule has 64 valence electrons. The molecule has 0 bridgehead atoms. The van der Waals surface area contributed by atoms with Crippen molar-refractivity contribution in [2.75, 3.05) is 25.2 Å². The molecule has 0 saturated carbocycles. The molecule has 0 saturated heterocycles. The van der Waals surface area contributed by atoms with Gasteiger partial charge in [-0.1, -0.05) is 0 Å². The summed E-state index contributed by atoms with van der Waals surface area (Å²) in [5.41, 5.74) is 0. The molecule has 0 atom stereocenters. The molecule has 0 unspecified atom stereocenters. The van der Waals surface area contributed by atoms with Gasteiger partial charge < -0.3 is 4.74 Å². The number of hydrogen-bond donors (Lipinski definition) is 0. The summed E-state index contributed by atoms with van der Waals surface area (Å²) in [5, 5.41) is 8.11. The van der Waals surface area contributed by atoms with Gasteiger partial charge >= 0.3 is 0 Å². The van der Waals surface area contributed by atoms with Gasteiger partial charge in [0.15, 0.2) is 9.84 Å². The SMILES string of the molecule is COCCS(=O)(=O)CCC#N. The summed E-state index contributed by atoms with van der Waals surface area (Å²) in [6.07, 6.45) is 0.0616. The fraction of sp³-hybridized carbons (Fsp3) is 0.833. The number of nitrogens with zero attached hydrogens (tertiary/aromatic N) is 1. The van der Waals surface area contributed by atoms with Crippen molar-refractivity contribution < 1.29 is 13.2 Å². The highest BCUT2D eigenvalue weighted by atomic mass is 32.2. The van der Waals surface area contributed by atoms with Gasteiger partial charge in [-0.15, -0.1) is 0 Å². The zero-order chi connectivity index (χ0) is 8.74. The molecule has 0 aliphatic heterocycles. The lowest BCUT2D eigenvalue weighted by molar-refractivity contribution is 0.217. The summed E-state index contributed by atoms with van der Waals surface area (Å²) in [6.45, 7) is 0.202. The van der Waals surface area contributed by atoms with Crippen molar-refractivity contribution in [3.63, 3.8) is 0 Å². The Hall–Kier alpha value is -0.600. The highest BCUT2D eigenvalue weighted by Gasteiger charge is 2.08. The standard InChI is InChI=1S/C6H11NO3S/c1-10-4-6-11(8,9)5-2-3-7/h2,4-6H2,1H3. The minimum absolute atomic E-state index is 0.00514. The summed E-state index contributed by atoms with van der Waals surface area (Å²) in [4.78, 5) is 0. The fourth-order valence-electron chi connectivity index (χ4n) is 0.514. The molecule has 5 heteroatoms. The van der Waals surface area contributed by atoms with E-state index in [1.54, 1.807) is 6.07 Å². The maximum atomic E-state index is 10.9. The molecule has 0 fully saturated rings. The second kappa shape index (κ2) is 5.10. The van der Waals surface area contributed by atoms with Crippen LogP contribution in [0.15, 0.2) is 0 Å². The van der Waals surface area contributed by atoms with Crippen LogP contribution in [-0.4, -0.2) is 33.6 Å². The first-order chi connectivity index (χ1) is 5.12. The van der Waals surface area contributed by atoms with Gasteiger partial charge in [0.1, 0.15) is 0 Å². The first-order valence-electron chi connectivity index (χ1n) is 3.18. The third-order valence-electron chi connectivity index (χ3n) is 1.12. The average molecular weight is 177 g/mol. The zero-order valence-corrected chi connectivity index (χ0v) is 7.23. The molecule has 11 heavy (non-hydrogen) atoms. The number of rotatable bonds is 5. The highest BCUT2D eigenvalue weighted by molar-refractivity contribution is 7.91. The van der Waals surface area contributed by atoms with E-state index in [9.17, 15) is 8.42 Å². The molecule has 0 amide bonds. The second-order valence-corrected chi connectivity index (χ2v) is 4.36. The molecule has 0 aromatic heterocycles. The summed E-state index contributed by atoms with van der Waals surface area (Å²) in [7, 11) is -1.61. The van der Waals surface area contributed by atoms with Crippen molar-refractivity contribution in [2.45, 2.75) is 6.42 Å². The summed E-state index contributed by atoms with van der Waals surface area (Å²) in [6, 6.07) is 1.78. The van der Waals surface area contributed by atoms with E-state index in [-0.39, 0.29) is 24.5 Å². The molecule has 0 aromatic carbocycles. The van der Waals surface area contributed by atoms with Crippen molar-refractivity contribution in [2.24, 2.45) is 0 Å². The van der Waals surface area contributed by atoms with E-state index in [1.807, 2.05) is 0 Å². The van der Waals surface area contributed by atoms with Crippen LogP contribution in [0.4, 0.5) is 0 Å². The Morgan fingerprint density at radius 1 is 1.45 bits per heavy atom. The lowest BCUT2D eigenvalue weighted by Crippen LogP contribution is -2.14. The van der Waals surface area contributed by atoms with Crippen molar-refractivity contribution in [1.29, 1.82) is 5.26 Å². The van der Waals surface area contributed by atoms with E-state index in [2.05, 4.69) is 4.74 Å². The van der Waals surface area contributed by atoms with Gasteiger partial charge in [0.2, 0.25) is 0 Å². The topological polar surface area (TPSA) is 67.2 Å². The van der Waals surface area contributed by atoms with Gasteiger partial charge in [-0.25, -0.2) is 8.42 Å². The van der Waals surface area contributed by atoms with E-state index >= 15 is 0 Å². The Morgan fingerprint density at radius 2 is 2.09 bits per heavy atom. The predicted octanol–water partition coefficient (Wildman–Crippen LogP) is -0.0387. The minimum Gasteiger partial charge on any atom is -0.384 e. The van der Waals surface area contributed by atoms with Crippen LogP contribution >= 0.6 is 0 Å². The molecular formula is C6H11NO3S. The van der Waals surface area contributed by atoms with Gasteiger partial charge in [-0.2, -0.15) is 5.26 Å². The van der Waals surface area contributed by atoms with E-state index in [4.69, 9.17) is 5.26 Å². The fourth-order valence-corrected chi connectivity index (χ4v) is 1.54. The van der Waals surface area contributed by atoms with Crippen molar-refractivity contribution in [1.82, 2.24) is 0 Å². The normalized spacial score (nSPS) is 10.9. The van der Waals surface area contributed by atoms with Gasteiger partial charge in [0, 0.05) is 13.5 Å². The zero-order valence-electron chi connectivity index (χ0n) is 6.41. The van der Waals surface area contributed by atoms with E-state index in [0.717, 1.165) is 0 Å². The van der Waals surface area contributed by atoms with E-state index < -0.39 is 9.84 Å². The molecule has 4 nitrogen and oxygen atoms in total. The van der Waals surface area contributed by atoms with Crippen molar-refractivity contribution in [3.05, 3.63) is 0 Å².